The summed E-state index contributed by atoms with van der Waals surface area (Å²) in [7, 11) is 0. The van der Waals surface area contributed by atoms with E-state index in [0.29, 0.717) is 28.4 Å². The lowest BCUT2D eigenvalue weighted by Crippen LogP contribution is -2.45. The maximum Gasteiger partial charge on any atom is 0.326 e. The Labute approximate surface area is 197 Å². The van der Waals surface area contributed by atoms with Crippen molar-refractivity contribution in [2.45, 2.75) is 32.7 Å². The molecule has 172 valence electrons. The van der Waals surface area contributed by atoms with Gasteiger partial charge in [0.1, 0.15) is 6.04 Å². The van der Waals surface area contributed by atoms with Crippen molar-refractivity contribution in [1.82, 2.24) is 5.32 Å². The Kier molecular flexibility index (Phi) is 7.90. The summed E-state index contributed by atoms with van der Waals surface area (Å²) >= 11 is 6.12. The van der Waals surface area contributed by atoms with Gasteiger partial charge in [-0.25, -0.2) is 9.59 Å². The van der Waals surface area contributed by atoms with E-state index in [9.17, 15) is 19.5 Å². The number of nitrogens with one attached hydrogen (secondary N) is 3. The lowest BCUT2D eigenvalue weighted by Gasteiger charge is -2.21. The monoisotopic (exact) mass is 467 g/mol. The first-order chi connectivity index (χ1) is 15.8. The van der Waals surface area contributed by atoms with E-state index in [0.717, 1.165) is 10.8 Å². The third kappa shape index (κ3) is 6.23. The fourth-order valence-corrected chi connectivity index (χ4v) is 3.65. The lowest BCUT2D eigenvalue weighted by molar-refractivity contribution is -0.143. The Bertz CT molecular complexity index is 1180. The van der Waals surface area contributed by atoms with Crippen LogP contribution >= 0.6 is 11.6 Å². The summed E-state index contributed by atoms with van der Waals surface area (Å²) in [5, 5.41) is 19.8. The average molecular weight is 468 g/mol. The van der Waals surface area contributed by atoms with E-state index in [4.69, 9.17) is 11.6 Å². The second kappa shape index (κ2) is 10.8. The van der Waals surface area contributed by atoms with Crippen molar-refractivity contribution in [2.75, 3.05) is 10.6 Å². The molecule has 0 spiro atoms. The van der Waals surface area contributed by atoms with Crippen LogP contribution in [0.5, 0.6) is 0 Å². The van der Waals surface area contributed by atoms with Crippen molar-refractivity contribution in [1.29, 1.82) is 0 Å². The largest absolute Gasteiger partial charge is 0.480 e. The van der Waals surface area contributed by atoms with Crippen LogP contribution in [-0.2, 0) is 16.0 Å². The normalized spacial score (nSPS) is 12.6. The van der Waals surface area contributed by atoms with Gasteiger partial charge in [0, 0.05) is 5.69 Å². The first-order valence-corrected chi connectivity index (χ1v) is 11.0. The van der Waals surface area contributed by atoms with Crippen molar-refractivity contribution < 1.29 is 19.5 Å². The van der Waals surface area contributed by atoms with Crippen LogP contribution in [0.3, 0.4) is 0 Å². The van der Waals surface area contributed by atoms with Crippen molar-refractivity contribution in [2.24, 2.45) is 5.92 Å². The van der Waals surface area contributed by atoms with Crippen LogP contribution in [0.4, 0.5) is 16.2 Å². The minimum absolute atomic E-state index is 0.0905. The van der Waals surface area contributed by atoms with Gasteiger partial charge in [0.2, 0.25) is 5.91 Å². The van der Waals surface area contributed by atoms with Crippen LogP contribution in [0.15, 0.2) is 60.7 Å². The highest BCUT2D eigenvalue weighted by atomic mass is 35.5. The van der Waals surface area contributed by atoms with Gasteiger partial charge >= 0.3 is 12.0 Å². The van der Waals surface area contributed by atoms with Crippen molar-refractivity contribution in [3.63, 3.8) is 0 Å². The summed E-state index contributed by atoms with van der Waals surface area (Å²) in [5.74, 6) is -1.73. The molecule has 7 nitrogen and oxygen atoms in total. The third-order valence-corrected chi connectivity index (χ3v) is 5.82. The number of halogens is 1. The smallest absolute Gasteiger partial charge is 0.326 e. The summed E-state index contributed by atoms with van der Waals surface area (Å²) in [5.41, 5.74) is 1.47. The van der Waals surface area contributed by atoms with Gasteiger partial charge in [0.05, 0.1) is 17.1 Å². The molecule has 0 aromatic heterocycles. The van der Waals surface area contributed by atoms with Crippen LogP contribution in [0, 0.1) is 5.92 Å². The zero-order chi connectivity index (χ0) is 24.0. The maximum atomic E-state index is 12.7. The molecule has 8 heteroatoms. The van der Waals surface area contributed by atoms with E-state index in [2.05, 4.69) is 16.0 Å². The minimum atomic E-state index is -1.08. The van der Waals surface area contributed by atoms with Gasteiger partial charge in [0.25, 0.3) is 0 Å². The lowest BCUT2D eigenvalue weighted by atomic mass is 9.98. The maximum absolute atomic E-state index is 12.7. The molecule has 2 atom stereocenters. The second-order valence-electron chi connectivity index (χ2n) is 7.86. The molecule has 0 saturated carbocycles. The number of carbonyl (C=O) groups is 3. The first kappa shape index (κ1) is 24.1. The number of para-hydroxylation sites is 1. The highest BCUT2D eigenvalue weighted by Crippen LogP contribution is 2.26. The molecule has 3 rings (SSSR count). The number of amides is 3. The van der Waals surface area contributed by atoms with E-state index in [1.54, 1.807) is 37.3 Å². The number of benzene rings is 3. The fourth-order valence-electron chi connectivity index (χ4n) is 3.47. The molecule has 0 heterocycles. The Morgan fingerprint density at radius 3 is 2.18 bits per heavy atom. The van der Waals surface area contributed by atoms with Crippen molar-refractivity contribution >= 4 is 51.7 Å². The molecule has 0 aliphatic heterocycles. The Balaban J connectivity index is 1.85. The van der Waals surface area contributed by atoms with Gasteiger partial charge in [-0.3, -0.25) is 4.79 Å². The summed E-state index contributed by atoms with van der Waals surface area (Å²) < 4.78 is 0. The van der Waals surface area contributed by atoms with Crippen LogP contribution in [0.2, 0.25) is 5.02 Å². The van der Waals surface area contributed by atoms with Crippen LogP contribution in [-0.4, -0.2) is 29.1 Å². The molecular weight excluding hydrogens is 442 g/mol. The SMILES string of the molecule is CC[C@H](C)[C@H](NC(=O)Cc1cc2ccccc2cc1NC(=O)Nc1ccccc1Cl)C(=O)O. The molecule has 0 saturated heterocycles. The summed E-state index contributed by atoms with van der Waals surface area (Å²) in [6.45, 7) is 3.65. The van der Waals surface area contributed by atoms with Crippen molar-refractivity contribution in [3.8, 4) is 0 Å². The quantitative estimate of drug-likeness (QED) is 0.360. The molecule has 0 unspecified atom stereocenters. The van der Waals surface area contributed by atoms with Gasteiger partial charge in [-0.15, -0.1) is 0 Å². The summed E-state index contributed by atoms with van der Waals surface area (Å²) in [6, 6.07) is 16.5. The highest BCUT2D eigenvalue weighted by Gasteiger charge is 2.25. The Morgan fingerprint density at radius 1 is 0.939 bits per heavy atom. The Morgan fingerprint density at radius 2 is 1.55 bits per heavy atom. The van der Waals surface area contributed by atoms with E-state index in [1.807, 2.05) is 37.3 Å². The number of carboxylic acids is 1. The number of rotatable bonds is 8. The number of carbonyl (C=O) groups excluding carboxylic acids is 2. The standard InChI is InChI=1S/C25H26ClN3O4/c1-3-15(2)23(24(31)32)29-22(30)14-18-12-16-8-4-5-9-17(16)13-21(18)28-25(33)27-20-11-7-6-10-19(20)26/h4-13,15,23H,3,14H2,1-2H3,(H,29,30)(H,31,32)(H2,27,28,33)/t15-,23-/m0/s1. The Hall–Kier alpha value is -3.58. The highest BCUT2D eigenvalue weighted by molar-refractivity contribution is 6.33. The van der Waals surface area contributed by atoms with Crippen LogP contribution < -0.4 is 16.0 Å². The predicted molar refractivity (Wildman–Crippen MR) is 131 cm³/mol. The van der Waals surface area contributed by atoms with E-state index >= 15 is 0 Å². The second-order valence-corrected chi connectivity index (χ2v) is 8.27. The minimum Gasteiger partial charge on any atom is -0.480 e. The zero-order valence-corrected chi connectivity index (χ0v) is 19.1. The summed E-state index contributed by atoms with van der Waals surface area (Å²) in [4.78, 5) is 37.0. The molecule has 4 N–H and O–H groups in total. The van der Waals surface area contributed by atoms with Gasteiger partial charge in [-0.05, 0) is 46.5 Å². The molecule has 3 amide bonds. The van der Waals surface area contributed by atoms with Crippen molar-refractivity contribution in [3.05, 3.63) is 71.2 Å². The van der Waals surface area contributed by atoms with E-state index < -0.39 is 23.9 Å². The van der Waals surface area contributed by atoms with Crippen LogP contribution in [0.25, 0.3) is 10.8 Å². The van der Waals surface area contributed by atoms with E-state index in [1.165, 1.54) is 0 Å². The number of anilines is 2. The van der Waals surface area contributed by atoms with Gasteiger partial charge in [-0.2, -0.15) is 0 Å². The molecular formula is C25H26ClN3O4. The number of hydrogen-bond donors (Lipinski definition) is 4. The number of aliphatic carboxylic acids is 1. The predicted octanol–water partition coefficient (Wildman–Crippen LogP) is 5.30. The molecule has 0 aliphatic carbocycles. The number of hydrogen-bond acceptors (Lipinski definition) is 3. The first-order valence-electron chi connectivity index (χ1n) is 10.6. The number of carboxylic acid groups (broad SMARTS) is 1. The number of urea groups is 1. The zero-order valence-electron chi connectivity index (χ0n) is 18.4. The molecule has 3 aromatic carbocycles. The van der Waals surface area contributed by atoms with Gasteiger partial charge in [-0.1, -0.05) is 68.3 Å². The van der Waals surface area contributed by atoms with Gasteiger partial charge < -0.3 is 21.1 Å². The third-order valence-electron chi connectivity index (χ3n) is 5.49. The fraction of sp³-hybridized carbons (Fsp3) is 0.240. The summed E-state index contributed by atoms with van der Waals surface area (Å²) in [6.07, 6.45) is 0.523. The molecule has 3 aromatic rings. The molecule has 33 heavy (non-hydrogen) atoms. The van der Waals surface area contributed by atoms with Crippen LogP contribution in [0.1, 0.15) is 25.8 Å². The molecule has 0 fully saturated rings. The van der Waals surface area contributed by atoms with E-state index in [-0.39, 0.29) is 12.3 Å². The molecule has 0 aliphatic rings. The molecule has 0 radical (unpaired) electrons. The van der Waals surface area contributed by atoms with Gasteiger partial charge in [0.15, 0.2) is 0 Å². The average Bonchev–Trinajstić information content (AvgIpc) is 2.78. The topological polar surface area (TPSA) is 108 Å². The number of fused-ring (bicyclic) bond motifs is 1. The molecule has 0 bridgehead atoms.